The van der Waals surface area contributed by atoms with Crippen LogP contribution in [-0.2, 0) is 4.74 Å². The number of anilines is 1. The topological polar surface area (TPSA) is 84.3 Å². The van der Waals surface area contributed by atoms with Crippen molar-refractivity contribution in [2.45, 2.75) is 25.4 Å². The highest BCUT2D eigenvalue weighted by Crippen LogP contribution is 2.13. The summed E-state index contributed by atoms with van der Waals surface area (Å²) in [5.74, 6) is 0.653. The van der Waals surface area contributed by atoms with Gasteiger partial charge in [0.15, 0.2) is 5.65 Å². The lowest BCUT2D eigenvalue weighted by Gasteiger charge is -2.22. The van der Waals surface area contributed by atoms with Gasteiger partial charge in [-0.1, -0.05) is 0 Å². The number of H-pyrrole nitrogens is 1. The first kappa shape index (κ1) is 11.2. The van der Waals surface area contributed by atoms with E-state index in [9.17, 15) is 4.79 Å². The van der Waals surface area contributed by atoms with Crippen molar-refractivity contribution in [3.8, 4) is 0 Å². The second kappa shape index (κ2) is 4.77. The molecule has 0 aromatic carbocycles. The van der Waals surface area contributed by atoms with Crippen LogP contribution in [0.5, 0.6) is 0 Å². The fourth-order valence-corrected chi connectivity index (χ4v) is 2.08. The molecule has 3 heterocycles. The van der Waals surface area contributed by atoms with Crippen LogP contribution in [-0.4, -0.2) is 39.1 Å². The molecule has 0 amide bonds. The highest BCUT2D eigenvalue weighted by molar-refractivity contribution is 5.42. The Labute approximate surface area is 103 Å². The summed E-state index contributed by atoms with van der Waals surface area (Å²) in [6, 6.07) is 3.55. The number of fused-ring (bicyclic) bond motifs is 1. The Morgan fingerprint density at radius 2 is 2.44 bits per heavy atom. The predicted molar refractivity (Wildman–Crippen MR) is 65.7 cm³/mol. The first-order chi connectivity index (χ1) is 8.83. The summed E-state index contributed by atoms with van der Waals surface area (Å²) in [6.45, 7) is 1.55. The van der Waals surface area contributed by atoms with E-state index in [1.165, 1.54) is 10.9 Å². The molecule has 7 heteroatoms. The largest absolute Gasteiger partial charge is 0.376 e. The van der Waals surface area contributed by atoms with Crippen LogP contribution in [0.4, 0.5) is 5.82 Å². The zero-order chi connectivity index (χ0) is 12.4. The molecule has 2 aromatic rings. The molecule has 0 radical (unpaired) electrons. The van der Waals surface area contributed by atoms with Crippen molar-refractivity contribution < 1.29 is 4.74 Å². The van der Waals surface area contributed by atoms with Gasteiger partial charge in [-0.15, -0.1) is 5.10 Å². The van der Waals surface area contributed by atoms with Crippen LogP contribution in [0.1, 0.15) is 19.3 Å². The normalized spacial score (nSPS) is 20.1. The van der Waals surface area contributed by atoms with Gasteiger partial charge in [-0.25, -0.2) is 9.89 Å². The summed E-state index contributed by atoms with van der Waals surface area (Å²) in [7, 11) is 0. The number of aromatic amines is 1. The second-order valence-corrected chi connectivity index (χ2v) is 4.39. The molecule has 0 saturated carbocycles. The summed E-state index contributed by atoms with van der Waals surface area (Å²) in [5, 5.41) is 13.5. The maximum Gasteiger partial charge on any atom is 0.364 e. The van der Waals surface area contributed by atoms with E-state index >= 15 is 0 Å². The zero-order valence-corrected chi connectivity index (χ0v) is 9.93. The number of ether oxygens (including phenoxy) is 1. The number of nitrogens with zero attached hydrogens (tertiary/aromatic N) is 3. The molecule has 0 bridgehead atoms. The van der Waals surface area contributed by atoms with Gasteiger partial charge >= 0.3 is 5.69 Å². The fourth-order valence-electron chi connectivity index (χ4n) is 2.08. The minimum atomic E-state index is -0.331. The van der Waals surface area contributed by atoms with Gasteiger partial charge in [0.2, 0.25) is 0 Å². The van der Waals surface area contributed by atoms with Crippen molar-refractivity contribution in [1.29, 1.82) is 0 Å². The van der Waals surface area contributed by atoms with Crippen molar-refractivity contribution in [3.63, 3.8) is 0 Å². The first-order valence-electron chi connectivity index (χ1n) is 6.13. The molecule has 1 aliphatic heterocycles. The third-order valence-electron chi connectivity index (χ3n) is 3.06. The SMILES string of the molecule is O=c1[nH]nc2ccc(NCC3CCCCO3)nn12. The second-order valence-electron chi connectivity index (χ2n) is 4.39. The Balaban J connectivity index is 1.70. The number of aromatic nitrogens is 4. The van der Waals surface area contributed by atoms with Crippen LogP contribution in [0.3, 0.4) is 0 Å². The maximum atomic E-state index is 11.4. The van der Waals surface area contributed by atoms with Gasteiger partial charge in [-0.05, 0) is 31.4 Å². The number of hydrogen-bond acceptors (Lipinski definition) is 5. The summed E-state index contributed by atoms with van der Waals surface area (Å²) >= 11 is 0. The smallest absolute Gasteiger partial charge is 0.364 e. The van der Waals surface area contributed by atoms with Gasteiger partial charge < -0.3 is 10.1 Å². The molecule has 1 unspecified atom stereocenters. The quantitative estimate of drug-likeness (QED) is 0.822. The molecular weight excluding hydrogens is 234 g/mol. The number of nitrogens with one attached hydrogen (secondary N) is 2. The Hall–Kier alpha value is -1.89. The van der Waals surface area contributed by atoms with E-state index in [1.807, 2.05) is 0 Å². The van der Waals surface area contributed by atoms with Crippen LogP contribution in [0, 0.1) is 0 Å². The van der Waals surface area contributed by atoms with Gasteiger partial charge in [0.05, 0.1) is 6.10 Å². The predicted octanol–water partition coefficient (Wildman–Crippen LogP) is 0.399. The van der Waals surface area contributed by atoms with Gasteiger partial charge in [0.25, 0.3) is 0 Å². The van der Waals surface area contributed by atoms with Crippen molar-refractivity contribution in [1.82, 2.24) is 19.8 Å². The monoisotopic (exact) mass is 249 g/mol. The Kier molecular flexibility index (Phi) is 2.97. The molecule has 3 rings (SSSR count). The van der Waals surface area contributed by atoms with Crippen molar-refractivity contribution in [3.05, 3.63) is 22.6 Å². The van der Waals surface area contributed by atoms with Crippen LogP contribution < -0.4 is 11.0 Å². The van der Waals surface area contributed by atoms with E-state index in [2.05, 4.69) is 20.6 Å². The minimum Gasteiger partial charge on any atom is -0.376 e. The van der Waals surface area contributed by atoms with Gasteiger partial charge in [-0.3, -0.25) is 0 Å². The Morgan fingerprint density at radius 1 is 1.50 bits per heavy atom. The minimum absolute atomic E-state index is 0.234. The van der Waals surface area contributed by atoms with Crippen LogP contribution in [0.15, 0.2) is 16.9 Å². The van der Waals surface area contributed by atoms with Crippen molar-refractivity contribution in [2.24, 2.45) is 0 Å². The van der Waals surface area contributed by atoms with E-state index in [0.29, 0.717) is 18.0 Å². The van der Waals surface area contributed by atoms with Crippen molar-refractivity contribution >= 4 is 11.5 Å². The van der Waals surface area contributed by atoms with Gasteiger partial charge in [-0.2, -0.15) is 9.61 Å². The average molecular weight is 249 g/mol. The average Bonchev–Trinajstić information content (AvgIpc) is 2.79. The maximum absolute atomic E-state index is 11.4. The first-order valence-corrected chi connectivity index (χ1v) is 6.13. The molecule has 7 nitrogen and oxygen atoms in total. The summed E-state index contributed by atoms with van der Waals surface area (Å²) in [5.41, 5.74) is 0.182. The van der Waals surface area contributed by atoms with E-state index in [-0.39, 0.29) is 11.8 Å². The Bertz CT molecular complexity index is 584. The number of hydrogen-bond donors (Lipinski definition) is 2. The zero-order valence-electron chi connectivity index (χ0n) is 9.93. The van der Waals surface area contributed by atoms with E-state index in [4.69, 9.17) is 4.74 Å². The lowest BCUT2D eigenvalue weighted by molar-refractivity contribution is 0.0247. The standard InChI is InChI=1S/C11H15N5O2/c17-11-14-13-10-5-4-9(15-16(10)11)12-7-8-3-1-2-6-18-8/h4-5,8H,1-3,6-7H2,(H,12,15)(H,14,17). The summed E-state index contributed by atoms with van der Waals surface area (Å²) in [6.07, 6.45) is 3.66. The highest BCUT2D eigenvalue weighted by Gasteiger charge is 2.13. The van der Waals surface area contributed by atoms with Crippen LogP contribution >= 0.6 is 0 Å². The number of rotatable bonds is 3. The van der Waals surface area contributed by atoms with Crippen LogP contribution in [0.25, 0.3) is 5.65 Å². The molecule has 96 valence electrons. The van der Waals surface area contributed by atoms with Gasteiger partial charge in [0.1, 0.15) is 5.82 Å². The molecule has 18 heavy (non-hydrogen) atoms. The lowest BCUT2D eigenvalue weighted by atomic mass is 10.1. The highest BCUT2D eigenvalue weighted by atomic mass is 16.5. The molecule has 2 aromatic heterocycles. The Morgan fingerprint density at radius 3 is 3.28 bits per heavy atom. The third kappa shape index (κ3) is 2.21. The summed E-state index contributed by atoms with van der Waals surface area (Å²) in [4.78, 5) is 11.4. The van der Waals surface area contributed by atoms with E-state index in [0.717, 1.165) is 19.4 Å². The molecule has 0 aliphatic carbocycles. The summed E-state index contributed by atoms with van der Waals surface area (Å²) < 4.78 is 6.86. The molecular formula is C11H15N5O2. The molecule has 1 aliphatic rings. The molecule has 1 atom stereocenters. The fraction of sp³-hybridized carbons (Fsp3) is 0.545. The van der Waals surface area contributed by atoms with Gasteiger partial charge in [0, 0.05) is 13.2 Å². The molecule has 1 saturated heterocycles. The third-order valence-corrected chi connectivity index (χ3v) is 3.06. The lowest BCUT2D eigenvalue weighted by Crippen LogP contribution is -2.27. The molecule has 0 spiro atoms. The molecule has 1 fully saturated rings. The van der Waals surface area contributed by atoms with Crippen molar-refractivity contribution in [2.75, 3.05) is 18.5 Å². The van der Waals surface area contributed by atoms with E-state index in [1.54, 1.807) is 12.1 Å². The van der Waals surface area contributed by atoms with E-state index < -0.39 is 0 Å². The van der Waals surface area contributed by atoms with Crippen LogP contribution in [0.2, 0.25) is 0 Å². The molecule has 2 N–H and O–H groups in total.